The van der Waals surface area contributed by atoms with Crippen molar-refractivity contribution < 1.29 is 4.74 Å². The van der Waals surface area contributed by atoms with E-state index in [2.05, 4.69) is 26.0 Å². The molecule has 1 aromatic rings. The summed E-state index contributed by atoms with van der Waals surface area (Å²) in [5.41, 5.74) is 1.31. The largest absolute Gasteiger partial charge is 0.497 e. The van der Waals surface area contributed by atoms with Crippen LogP contribution < -0.4 is 4.74 Å². The molecule has 0 fully saturated rings. The van der Waals surface area contributed by atoms with E-state index in [9.17, 15) is 0 Å². The zero-order valence-electron chi connectivity index (χ0n) is 7.92. The molecule has 0 aliphatic rings. The third-order valence-electron chi connectivity index (χ3n) is 1.69. The lowest BCUT2D eigenvalue weighted by Gasteiger charge is -2.05. The molecule has 0 aromatic heterocycles. The van der Waals surface area contributed by atoms with Crippen molar-refractivity contribution in [2.45, 2.75) is 20.3 Å². The second-order valence-electron chi connectivity index (χ2n) is 3.24. The topological polar surface area (TPSA) is 9.23 Å². The van der Waals surface area contributed by atoms with E-state index >= 15 is 0 Å². The first-order chi connectivity index (χ1) is 5.72. The fraction of sp³-hybridized carbons (Fsp3) is 0.364. The van der Waals surface area contributed by atoms with E-state index in [-0.39, 0.29) is 0 Å². The highest BCUT2D eigenvalue weighted by atomic mass is 16.5. The number of benzene rings is 1. The molecule has 0 N–H and O–H groups in total. The smallest absolute Gasteiger partial charge is 0.119 e. The predicted octanol–water partition coefficient (Wildman–Crippen LogP) is 2.85. The van der Waals surface area contributed by atoms with Crippen LogP contribution in [-0.2, 0) is 6.42 Å². The molecule has 0 spiro atoms. The number of hydrogen-bond donors (Lipinski definition) is 0. The molecule has 0 aliphatic heterocycles. The maximum atomic E-state index is 5.13. The van der Waals surface area contributed by atoms with Crippen LogP contribution in [0.25, 0.3) is 0 Å². The van der Waals surface area contributed by atoms with Gasteiger partial charge in [-0.1, -0.05) is 26.0 Å². The minimum absolute atomic E-state index is 0.939. The fourth-order valence-corrected chi connectivity index (χ4v) is 1.19. The van der Waals surface area contributed by atoms with Crippen molar-refractivity contribution in [3.63, 3.8) is 0 Å². The Kier molecular flexibility index (Phi) is 3.15. The molecule has 0 aliphatic carbocycles. The second-order valence-corrected chi connectivity index (χ2v) is 3.24. The lowest BCUT2D eigenvalue weighted by Crippen LogP contribution is -1.92. The van der Waals surface area contributed by atoms with Gasteiger partial charge in [-0.2, -0.15) is 0 Å². The summed E-state index contributed by atoms with van der Waals surface area (Å²) in [7, 11) is 1.70. The highest BCUT2D eigenvalue weighted by molar-refractivity contribution is 5.29. The minimum Gasteiger partial charge on any atom is -0.497 e. The van der Waals surface area contributed by atoms with Crippen molar-refractivity contribution >= 4 is 0 Å². The van der Waals surface area contributed by atoms with Crippen LogP contribution in [0.4, 0.5) is 0 Å². The van der Waals surface area contributed by atoms with Crippen molar-refractivity contribution in [1.29, 1.82) is 0 Å². The van der Waals surface area contributed by atoms with Gasteiger partial charge in [-0.3, -0.25) is 0 Å². The number of hydrogen-bond acceptors (Lipinski definition) is 1. The van der Waals surface area contributed by atoms with Crippen LogP contribution in [0, 0.1) is 5.92 Å². The van der Waals surface area contributed by atoms with E-state index in [4.69, 9.17) is 4.74 Å². The monoisotopic (exact) mass is 163 g/mol. The molecule has 1 radical (unpaired) electrons. The van der Waals surface area contributed by atoms with E-state index < -0.39 is 0 Å². The Morgan fingerprint density at radius 1 is 1.33 bits per heavy atom. The normalized spacial score (nSPS) is 10.3. The maximum Gasteiger partial charge on any atom is 0.119 e. The van der Waals surface area contributed by atoms with Crippen molar-refractivity contribution in [3.05, 3.63) is 35.7 Å². The summed E-state index contributed by atoms with van der Waals surface area (Å²) in [6, 6.07) is 8.19. The van der Waals surface area contributed by atoms with Crippen LogP contribution in [0.1, 0.15) is 19.4 Å². The lowest BCUT2D eigenvalue weighted by atomic mass is 10.0. The van der Waals surface area contributed by atoms with Gasteiger partial charge in [-0.15, -0.1) is 0 Å². The number of methoxy groups -OCH3 is 1. The van der Waals surface area contributed by atoms with E-state index in [0.717, 1.165) is 12.2 Å². The zero-order chi connectivity index (χ0) is 8.97. The molecule has 0 unspecified atom stereocenters. The van der Waals surface area contributed by atoms with Gasteiger partial charge in [-0.05, 0) is 30.0 Å². The molecule has 1 aromatic carbocycles. The Hall–Kier alpha value is -0.980. The number of rotatable bonds is 3. The maximum absolute atomic E-state index is 5.13. The predicted molar refractivity (Wildman–Crippen MR) is 51.3 cm³/mol. The molecule has 0 amide bonds. The van der Waals surface area contributed by atoms with Crippen LogP contribution in [0.15, 0.2) is 24.3 Å². The van der Waals surface area contributed by atoms with E-state index in [1.165, 1.54) is 11.5 Å². The van der Waals surface area contributed by atoms with Gasteiger partial charge in [0.05, 0.1) is 7.11 Å². The van der Waals surface area contributed by atoms with Gasteiger partial charge in [0.1, 0.15) is 5.75 Å². The second kappa shape index (κ2) is 4.15. The van der Waals surface area contributed by atoms with Crippen molar-refractivity contribution in [1.82, 2.24) is 0 Å². The molecule has 12 heavy (non-hydrogen) atoms. The first-order valence-electron chi connectivity index (χ1n) is 4.14. The minimum atomic E-state index is 0.939. The van der Waals surface area contributed by atoms with Gasteiger partial charge in [0.25, 0.3) is 0 Å². The molecule has 0 saturated carbocycles. The van der Waals surface area contributed by atoms with Gasteiger partial charge in [0.2, 0.25) is 0 Å². The Morgan fingerprint density at radius 3 is 2.67 bits per heavy atom. The van der Waals surface area contributed by atoms with Crippen LogP contribution >= 0.6 is 0 Å². The first kappa shape index (κ1) is 9.11. The van der Waals surface area contributed by atoms with Crippen LogP contribution in [0.2, 0.25) is 0 Å². The Balaban J connectivity index is 2.72. The Bertz CT molecular complexity index is 241. The number of ether oxygens (including phenoxy) is 1. The van der Waals surface area contributed by atoms with Gasteiger partial charge in [-0.25, -0.2) is 0 Å². The molecular formula is C11H15O. The molecule has 1 heteroatoms. The van der Waals surface area contributed by atoms with E-state index in [0.29, 0.717) is 0 Å². The van der Waals surface area contributed by atoms with E-state index in [1.807, 2.05) is 12.1 Å². The third-order valence-corrected chi connectivity index (χ3v) is 1.69. The fourth-order valence-electron chi connectivity index (χ4n) is 1.19. The lowest BCUT2D eigenvalue weighted by molar-refractivity contribution is 0.414. The highest BCUT2D eigenvalue weighted by Gasteiger charge is 1.98. The molecule has 0 bridgehead atoms. The first-order valence-corrected chi connectivity index (χ1v) is 4.14. The highest BCUT2D eigenvalue weighted by Crippen LogP contribution is 2.15. The Morgan fingerprint density at radius 2 is 2.08 bits per heavy atom. The van der Waals surface area contributed by atoms with Crippen molar-refractivity contribution in [3.8, 4) is 5.75 Å². The molecular weight excluding hydrogens is 148 g/mol. The quantitative estimate of drug-likeness (QED) is 0.665. The van der Waals surface area contributed by atoms with Gasteiger partial charge < -0.3 is 4.74 Å². The molecule has 0 saturated heterocycles. The van der Waals surface area contributed by atoms with Crippen molar-refractivity contribution in [2.24, 2.45) is 0 Å². The van der Waals surface area contributed by atoms with Crippen LogP contribution in [0.5, 0.6) is 5.75 Å². The molecule has 0 atom stereocenters. The molecule has 1 rings (SSSR count). The summed E-state index contributed by atoms with van der Waals surface area (Å²) in [5, 5.41) is 0. The summed E-state index contributed by atoms with van der Waals surface area (Å²) in [6.45, 7) is 4.28. The van der Waals surface area contributed by atoms with Gasteiger partial charge in [0.15, 0.2) is 0 Å². The van der Waals surface area contributed by atoms with Crippen molar-refractivity contribution in [2.75, 3.05) is 7.11 Å². The Labute approximate surface area is 74.4 Å². The molecule has 1 nitrogen and oxygen atoms in total. The van der Waals surface area contributed by atoms with Crippen LogP contribution in [-0.4, -0.2) is 7.11 Å². The summed E-state index contributed by atoms with van der Waals surface area (Å²) in [5.74, 6) is 2.36. The zero-order valence-corrected chi connectivity index (χ0v) is 7.92. The standard InChI is InChI=1S/C11H15O/c1-9(2)7-10-5-4-6-11(8-10)12-3/h4-6,8H,7H2,1-3H3. The van der Waals surface area contributed by atoms with Gasteiger partial charge in [0, 0.05) is 0 Å². The summed E-state index contributed by atoms with van der Waals surface area (Å²) < 4.78 is 5.13. The summed E-state index contributed by atoms with van der Waals surface area (Å²) >= 11 is 0. The molecule has 0 heterocycles. The van der Waals surface area contributed by atoms with Gasteiger partial charge >= 0.3 is 0 Å². The average Bonchev–Trinajstić information content (AvgIpc) is 2.03. The molecule has 65 valence electrons. The SMILES string of the molecule is COc1cccc(C[C](C)C)c1. The van der Waals surface area contributed by atoms with E-state index in [1.54, 1.807) is 7.11 Å². The summed E-state index contributed by atoms with van der Waals surface area (Å²) in [4.78, 5) is 0. The summed E-state index contributed by atoms with van der Waals surface area (Å²) in [6.07, 6.45) is 1.04. The average molecular weight is 163 g/mol. The third kappa shape index (κ3) is 2.57. The van der Waals surface area contributed by atoms with Crippen LogP contribution in [0.3, 0.4) is 0 Å².